The SMILES string of the molecule is COC(=O)CC(c1cccc(OC)c1)C(C)(C)N. The van der Waals surface area contributed by atoms with Gasteiger partial charge in [-0.1, -0.05) is 12.1 Å². The van der Waals surface area contributed by atoms with Gasteiger partial charge in [-0.15, -0.1) is 0 Å². The third kappa shape index (κ3) is 3.74. The van der Waals surface area contributed by atoms with E-state index in [1.54, 1.807) is 7.11 Å². The molecular formula is C14H21NO3. The van der Waals surface area contributed by atoms with Gasteiger partial charge in [0.2, 0.25) is 0 Å². The number of rotatable bonds is 5. The maximum Gasteiger partial charge on any atom is 0.306 e. The number of esters is 1. The second kappa shape index (κ2) is 5.87. The minimum atomic E-state index is -0.513. The molecule has 0 bridgehead atoms. The minimum Gasteiger partial charge on any atom is -0.497 e. The van der Waals surface area contributed by atoms with Crippen molar-refractivity contribution < 1.29 is 14.3 Å². The predicted octanol–water partition coefficient (Wildman–Crippen LogP) is 2.08. The van der Waals surface area contributed by atoms with Crippen LogP contribution in [0.3, 0.4) is 0 Å². The molecule has 0 aliphatic heterocycles. The van der Waals surface area contributed by atoms with Gasteiger partial charge in [-0.25, -0.2) is 0 Å². The number of nitrogens with two attached hydrogens (primary N) is 1. The molecule has 1 atom stereocenters. The summed E-state index contributed by atoms with van der Waals surface area (Å²) in [4.78, 5) is 11.5. The monoisotopic (exact) mass is 251 g/mol. The quantitative estimate of drug-likeness (QED) is 0.814. The van der Waals surface area contributed by atoms with Crippen LogP contribution < -0.4 is 10.5 Å². The zero-order valence-corrected chi connectivity index (χ0v) is 11.4. The van der Waals surface area contributed by atoms with Gasteiger partial charge in [0.15, 0.2) is 0 Å². The van der Waals surface area contributed by atoms with Crippen LogP contribution in [0.2, 0.25) is 0 Å². The predicted molar refractivity (Wildman–Crippen MR) is 70.6 cm³/mol. The summed E-state index contributed by atoms with van der Waals surface area (Å²) < 4.78 is 9.92. The van der Waals surface area contributed by atoms with Gasteiger partial charge in [0.1, 0.15) is 5.75 Å². The Kier molecular flexibility index (Phi) is 4.73. The second-order valence-corrected chi connectivity index (χ2v) is 4.93. The number of carbonyl (C=O) groups is 1. The van der Waals surface area contributed by atoms with Crippen molar-refractivity contribution >= 4 is 5.97 Å². The summed E-state index contributed by atoms with van der Waals surface area (Å²) in [5.41, 5.74) is 6.62. The first-order valence-corrected chi connectivity index (χ1v) is 5.88. The fourth-order valence-corrected chi connectivity index (χ4v) is 1.92. The van der Waals surface area contributed by atoms with E-state index in [0.717, 1.165) is 11.3 Å². The van der Waals surface area contributed by atoms with Gasteiger partial charge in [0.05, 0.1) is 20.6 Å². The molecule has 18 heavy (non-hydrogen) atoms. The molecule has 1 unspecified atom stereocenters. The van der Waals surface area contributed by atoms with E-state index in [2.05, 4.69) is 0 Å². The normalized spacial score (nSPS) is 12.9. The Bertz CT molecular complexity index is 410. The average molecular weight is 251 g/mol. The summed E-state index contributed by atoms with van der Waals surface area (Å²) >= 11 is 0. The summed E-state index contributed by atoms with van der Waals surface area (Å²) in [5.74, 6) is 0.382. The van der Waals surface area contributed by atoms with Crippen LogP contribution in [0, 0.1) is 0 Å². The van der Waals surface area contributed by atoms with E-state index in [9.17, 15) is 4.79 Å². The number of hydrogen-bond acceptors (Lipinski definition) is 4. The number of ether oxygens (including phenoxy) is 2. The lowest BCUT2D eigenvalue weighted by Gasteiger charge is -2.30. The molecule has 0 amide bonds. The van der Waals surface area contributed by atoms with Gasteiger partial charge < -0.3 is 15.2 Å². The second-order valence-electron chi connectivity index (χ2n) is 4.93. The Morgan fingerprint density at radius 2 is 2.06 bits per heavy atom. The van der Waals surface area contributed by atoms with Crippen molar-refractivity contribution in [3.05, 3.63) is 29.8 Å². The number of carbonyl (C=O) groups excluding carboxylic acids is 1. The van der Waals surface area contributed by atoms with E-state index >= 15 is 0 Å². The molecule has 0 radical (unpaired) electrons. The zero-order chi connectivity index (χ0) is 13.8. The smallest absolute Gasteiger partial charge is 0.306 e. The molecule has 1 aromatic rings. The Morgan fingerprint density at radius 3 is 2.56 bits per heavy atom. The Balaban J connectivity index is 3.05. The molecule has 1 rings (SSSR count). The molecule has 0 spiro atoms. The van der Waals surface area contributed by atoms with E-state index in [0.29, 0.717) is 0 Å². The Labute approximate surface area is 108 Å². The van der Waals surface area contributed by atoms with Crippen molar-refractivity contribution in [1.82, 2.24) is 0 Å². The van der Waals surface area contributed by atoms with Crippen LogP contribution in [0.25, 0.3) is 0 Å². The largest absolute Gasteiger partial charge is 0.497 e. The molecule has 4 heteroatoms. The van der Waals surface area contributed by atoms with Crippen LogP contribution in [0.5, 0.6) is 5.75 Å². The van der Waals surface area contributed by atoms with E-state index in [-0.39, 0.29) is 18.3 Å². The van der Waals surface area contributed by atoms with E-state index < -0.39 is 5.54 Å². The van der Waals surface area contributed by atoms with Crippen LogP contribution in [-0.2, 0) is 9.53 Å². The highest BCUT2D eigenvalue weighted by Crippen LogP contribution is 2.31. The van der Waals surface area contributed by atoms with Gasteiger partial charge >= 0.3 is 5.97 Å². The van der Waals surface area contributed by atoms with Crippen LogP contribution in [0.15, 0.2) is 24.3 Å². The van der Waals surface area contributed by atoms with Crippen molar-refractivity contribution in [3.63, 3.8) is 0 Å². The molecule has 0 fully saturated rings. The molecule has 0 aliphatic rings. The number of benzene rings is 1. The van der Waals surface area contributed by atoms with E-state index in [1.165, 1.54) is 7.11 Å². The standard InChI is InChI=1S/C14H21NO3/c1-14(2,15)12(9-13(16)18-4)10-6-5-7-11(8-10)17-3/h5-8,12H,9,15H2,1-4H3. The topological polar surface area (TPSA) is 61.5 Å². The molecule has 0 aliphatic carbocycles. The van der Waals surface area contributed by atoms with Crippen molar-refractivity contribution in [3.8, 4) is 5.75 Å². The number of methoxy groups -OCH3 is 2. The molecular weight excluding hydrogens is 230 g/mol. The van der Waals surface area contributed by atoms with Crippen molar-refractivity contribution in [2.24, 2.45) is 5.73 Å². The molecule has 100 valence electrons. The van der Waals surface area contributed by atoms with Gasteiger partial charge in [0, 0.05) is 11.5 Å². The lowest BCUT2D eigenvalue weighted by atomic mass is 9.80. The van der Waals surface area contributed by atoms with Crippen LogP contribution in [0.1, 0.15) is 31.7 Å². The summed E-state index contributed by atoms with van der Waals surface area (Å²) in [6.45, 7) is 3.81. The average Bonchev–Trinajstić information content (AvgIpc) is 2.34. The first-order chi connectivity index (χ1) is 8.38. The lowest BCUT2D eigenvalue weighted by molar-refractivity contribution is -0.141. The van der Waals surface area contributed by atoms with Crippen molar-refractivity contribution in [2.75, 3.05) is 14.2 Å². The molecule has 4 nitrogen and oxygen atoms in total. The van der Waals surface area contributed by atoms with Gasteiger partial charge in [0.25, 0.3) is 0 Å². The summed E-state index contributed by atoms with van der Waals surface area (Å²) in [6.07, 6.45) is 0.257. The van der Waals surface area contributed by atoms with Crippen LogP contribution in [-0.4, -0.2) is 25.7 Å². The maximum atomic E-state index is 11.5. The molecule has 0 saturated carbocycles. The molecule has 0 heterocycles. The van der Waals surface area contributed by atoms with E-state index in [1.807, 2.05) is 38.1 Å². The third-order valence-electron chi connectivity index (χ3n) is 2.99. The Hall–Kier alpha value is -1.55. The van der Waals surface area contributed by atoms with Gasteiger partial charge in [-0.3, -0.25) is 4.79 Å². The fourth-order valence-electron chi connectivity index (χ4n) is 1.92. The van der Waals surface area contributed by atoms with E-state index in [4.69, 9.17) is 15.2 Å². The molecule has 0 saturated heterocycles. The molecule has 2 N–H and O–H groups in total. The molecule has 0 aromatic heterocycles. The Morgan fingerprint density at radius 1 is 1.39 bits per heavy atom. The van der Waals surface area contributed by atoms with Gasteiger partial charge in [-0.2, -0.15) is 0 Å². The van der Waals surface area contributed by atoms with Crippen molar-refractivity contribution in [2.45, 2.75) is 31.7 Å². The zero-order valence-electron chi connectivity index (χ0n) is 11.4. The van der Waals surface area contributed by atoms with Crippen LogP contribution >= 0.6 is 0 Å². The highest BCUT2D eigenvalue weighted by atomic mass is 16.5. The highest BCUT2D eigenvalue weighted by Gasteiger charge is 2.29. The minimum absolute atomic E-state index is 0.111. The number of hydrogen-bond donors (Lipinski definition) is 1. The lowest BCUT2D eigenvalue weighted by Crippen LogP contribution is -2.40. The summed E-state index contributed by atoms with van der Waals surface area (Å²) in [7, 11) is 3.00. The summed E-state index contributed by atoms with van der Waals surface area (Å²) in [5, 5.41) is 0. The summed E-state index contributed by atoms with van der Waals surface area (Å²) in [6, 6.07) is 7.61. The van der Waals surface area contributed by atoms with Gasteiger partial charge in [-0.05, 0) is 31.5 Å². The first-order valence-electron chi connectivity index (χ1n) is 5.88. The third-order valence-corrected chi connectivity index (χ3v) is 2.99. The highest BCUT2D eigenvalue weighted by molar-refractivity contribution is 5.70. The molecule has 1 aromatic carbocycles. The fraction of sp³-hybridized carbons (Fsp3) is 0.500. The maximum absolute atomic E-state index is 11.5. The van der Waals surface area contributed by atoms with Crippen LogP contribution in [0.4, 0.5) is 0 Å². The first kappa shape index (κ1) is 14.5. The van der Waals surface area contributed by atoms with Crippen molar-refractivity contribution in [1.29, 1.82) is 0 Å².